The van der Waals surface area contributed by atoms with Gasteiger partial charge in [-0.1, -0.05) is 86.9 Å². The third-order valence-corrected chi connectivity index (χ3v) is 12.8. The maximum Gasteiger partial charge on any atom is 0.410 e. The van der Waals surface area contributed by atoms with Gasteiger partial charge in [-0.3, -0.25) is 9.97 Å². The third-order valence-electron chi connectivity index (χ3n) is 12.8. The number of hydrogen-bond acceptors (Lipinski definition) is 14. The Hall–Kier alpha value is -7.95. The Bertz CT molecular complexity index is 3050. The summed E-state index contributed by atoms with van der Waals surface area (Å²) < 4.78 is 17.6. The second kappa shape index (κ2) is 27.4. The molecule has 2 unspecified atom stereocenters. The first kappa shape index (κ1) is 54.8. The van der Waals surface area contributed by atoms with Crippen molar-refractivity contribution < 1.29 is 19.0 Å². The molecule has 4 aliphatic rings. The van der Waals surface area contributed by atoms with Crippen LogP contribution in [0.4, 0.5) is 28.3 Å². The van der Waals surface area contributed by atoms with Gasteiger partial charge in [0.2, 0.25) is 11.9 Å². The van der Waals surface area contributed by atoms with Gasteiger partial charge in [0.1, 0.15) is 17.2 Å². The highest BCUT2D eigenvalue weighted by atomic mass is 16.6. The molecule has 10 rings (SSSR count). The molecule has 4 aromatic heterocycles. The molecule has 4 fully saturated rings. The summed E-state index contributed by atoms with van der Waals surface area (Å²) in [6.45, 7) is 12.9. The minimum Gasteiger partial charge on any atom is -0.444 e. The summed E-state index contributed by atoms with van der Waals surface area (Å²) >= 11 is 0. The van der Waals surface area contributed by atoms with E-state index in [9.17, 15) is 4.79 Å². The highest BCUT2D eigenvalue weighted by molar-refractivity contribution is 5.90. The predicted molar refractivity (Wildman–Crippen MR) is 299 cm³/mol. The maximum atomic E-state index is 12.5. The van der Waals surface area contributed by atoms with E-state index in [1.807, 2.05) is 57.4 Å². The highest BCUT2D eigenvalue weighted by Crippen LogP contribution is 2.30. The maximum absolute atomic E-state index is 12.5. The Labute approximate surface area is 443 Å². The smallest absolute Gasteiger partial charge is 0.410 e. The van der Waals surface area contributed by atoms with Crippen LogP contribution in [-0.2, 0) is 27.1 Å². The Morgan fingerprint density at radius 3 is 1.68 bits per heavy atom. The number of amides is 1. The zero-order chi connectivity index (χ0) is 51.5. The van der Waals surface area contributed by atoms with Crippen molar-refractivity contribution in [3.8, 4) is 47.9 Å². The predicted octanol–water partition coefficient (Wildman–Crippen LogP) is 9.01. The summed E-state index contributed by atoms with van der Waals surface area (Å²) in [6, 6.07) is 25.4. The lowest BCUT2D eigenvalue weighted by atomic mass is 10.1. The second-order valence-electron chi connectivity index (χ2n) is 19.5. The van der Waals surface area contributed by atoms with Gasteiger partial charge in [0.25, 0.3) is 0 Å². The molecule has 3 saturated heterocycles. The molecule has 1 saturated carbocycles. The van der Waals surface area contributed by atoms with Crippen molar-refractivity contribution in [1.29, 1.82) is 0 Å². The van der Waals surface area contributed by atoms with Gasteiger partial charge in [-0.2, -0.15) is 9.97 Å². The van der Waals surface area contributed by atoms with Crippen LogP contribution in [0, 0.1) is 47.9 Å². The van der Waals surface area contributed by atoms with E-state index in [4.69, 9.17) is 40.6 Å². The molecule has 3 aliphatic heterocycles. The molecule has 2 N–H and O–H groups in total. The van der Waals surface area contributed by atoms with Gasteiger partial charge in [0.15, 0.2) is 0 Å². The number of morpholine rings is 2. The molecule has 2 aromatic carbocycles. The number of fused-ring (bicyclic) bond motifs is 2. The van der Waals surface area contributed by atoms with E-state index in [0.717, 1.165) is 84.8 Å². The Morgan fingerprint density at radius 1 is 0.667 bits per heavy atom. The van der Waals surface area contributed by atoms with E-state index < -0.39 is 5.60 Å². The SMILES string of the molecule is C.C#CC#CC#CC#CC.CC(C)(C)OC(=O)N1CC[C@@H](Nc2nc(N3CCOC(Cc4ccccc4)C3)nc3cnccc23)C1.c1ccc(CC2CN(c3nc(NC4CCCC4)c4ccncc4n3)CCO2)cc1. The molecule has 3 atom stereocenters. The molecule has 7 heterocycles. The normalized spacial score (nSPS) is 18.1. The lowest BCUT2D eigenvalue weighted by molar-refractivity contribution is 0.0293. The molecule has 388 valence electrons. The number of aromatic nitrogens is 6. The summed E-state index contributed by atoms with van der Waals surface area (Å²) in [7, 11) is 0. The summed E-state index contributed by atoms with van der Waals surface area (Å²) in [6.07, 6.45) is 19.5. The number of benzene rings is 2. The molecule has 0 radical (unpaired) electrons. The summed E-state index contributed by atoms with van der Waals surface area (Å²) in [5.74, 6) is 20.1. The fourth-order valence-corrected chi connectivity index (χ4v) is 9.26. The first-order valence-corrected chi connectivity index (χ1v) is 25.5. The molecule has 0 spiro atoms. The number of terminal acetylenes is 1. The van der Waals surface area contributed by atoms with Crippen molar-refractivity contribution in [2.45, 2.75) is 110 Å². The molecule has 1 aliphatic carbocycles. The van der Waals surface area contributed by atoms with E-state index in [-0.39, 0.29) is 31.8 Å². The van der Waals surface area contributed by atoms with E-state index in [2.05, 4.69) is 120 Å². The van der Waals surface area contributed by atoms with Crippen LogP contribution in [0.3, 0.4) is 0 Å². The topological polar surface area (TPSA) is 156 Å². The first-order chi connectivity index (χ1) is 36.1. The van der Waals surface area contributed by atoms with E-state index in [1.165, 1.54) is 36.8 Å². The number of nitrogens with one attached hydrogen (secondary N) is 2. The number of carbonyl (C=O) groups is 1. The van der Waals surface area contributed by atoms with Crippen molar-refractivity contribution in [2.75, 3.05) is 72.9 Å². The first-order valence-electron chi connectivity index (χ1n) is 25.5. The van der Waals surface area contributed by atoms with Crippen LogP contribution in [0.15, 0.2) is 97.6 Å². The van der Waals surface area contributed by atoms with Crippen molar-refractivity contribution in [1.82, 2.24) is 34.8 Å². The second-order valence-corrected chi connectivity index (χ2v) is 19.5. The van der Waals surface area contributed by atoms with Crippen molar-refractivity contribution >= 4 is 51.4 Å². The molecular weight excluding hydrogens is 939 g/mol. The number of carbonyl (C=O) groups excluding carboxylic acids is 1. The van der Waals surface area contributed by atoms with Crippen LogP contribution in [0.1, 0.15) is 78.4 Å². The lowest BCUT2D eigenvalue weighted by Crippen LogP contribution is -2.44. The molecule has 6 aromatic rings. The number of hydrogen-bond donors (Lipinski definition) is 2. The van der Waals surface area contributed by atoms with Gasteiger partial charge in [-0.25, -0.2) is 14.8 Å². The van der Waals surface area contributed by atoms with E-state index >= 15 is 0 Å². The summed E-state index contributed by atoms with van der Waals surface area (Å²) in [5, 5.41) is 9.21. The summed E-state index contributed by atoms with van der Waals surface area (Å²) in [4.78, 5) is 46.8. The van der Waals surface area contributed by atoms with Crippen LogP contribution in [0.2, 0.25) is 0 Å². The van der Waals surface area contributed by atoms with E-state index in [0.29, 0.717) is 38.3 Å². The number of pyridine rings is 2. The molecule has 15 nitrogen and oxygen atoms in total. The molecular formula is C60H69N11O4. The van der Waals surface area contributed by atoms with Gasteiger partial charge < -0.3 is 39.5 Å². The van der Waals surface area contributed by atoms with Crippen molar-refractivity contribution in [2.24, 2.45) is 0 Å². The Kier molecular flexibility index (Phi) is 20.0. The van der Waals surface area contributed by atoms with Gasteiger partial charge in [-0.15, -0.1) is 6.42 Å². The minimum absolute atomic E-state index is 0. The average Bonchev–Trinajstić information content (AvgIpc) is 4.12. The zero-order valence-corrected chi connectivity index (χ0v) is 42.9. The van der Waals surface area contributed by atoms with Crippen LogP contribution in [0.25, 0.3) is 21.8 Å². The third kappa shape index (κ3) is 16.3. The fourth-order valence-electron chi connectivity index (χ4n) is 9.26. The van der Waals surface area contributed by atoms with E-state index in [1.54, 1.807) is 24.2 Å². The number of nitrogens with zero attached hydrogens (tertiary/aromatic N) is 9. The van der Waals surface area contributed by atoms with Crippen LogP contribution in [0.5, 0.6) is 0 Å². The number of ether oxygens (including phenoxy) is 3. The molecule has 15 heteroatoms. The largest absolute Gasteiger partial charge is 0.444 e. The van der Waals surface area contributed by atoms with Gasteiger partial charge >= 0.3 is 6.09 Å². The van der Waals surface area contributed by atoms with Crippen LogP contribution >= 0.6 is 0 Å². The molecule has 75 heavy (non-hydrogen) atoms. The number of rotatable bonds is 10. The number of anilines is 4. The minimum atomic E-state index is -0.510. The highest BCUT2D eigenvalue weighted by Gasteiger charge is 2.31. The Morgan fingerprint density at radius 2 is 1.17 bits per heavy atom. The molecule has 1 amide bonds. The van der Waals surface area contributed by atoms with Gasteiger partial charge in [0, 0.05) is 87.4 Å². The summed E-state index contributed by atoms with van der Waals surface area (Å²) in [5.41, 5.74) is 3.73. The monoisotopic (exact) mass is 1010 g/mol. The average molecular weight is 1010 g/mol. The number of likely N-dealkylation sites (tertiary alicyclic amines) is 1. The quantitative estimate of drug-likeness (QED) is 0.125. The molecule has 0 bridgehead atoms. The standard InChI is InChI=1S/C27H34N6O3.C23H27N5O.C9H4.CH4/c1-27(2,3)36-26(34)33-12-10-20(17-33)29-24-22-9-11-28-16-23(22)30-25(31-24)32-13-14-35-21(18-32)15-19-7-5-4-6-8-19;1-2-6-17(7-3-1)14-19-16-28(12-13-29-19)23-26-21-15-24-11-10-20(21)22(27-23)25-18-8-4-5-9-18;1-3-5-7-9-8-6-4-2;/h4-9,11,16,20-21H,10,12-15,17-18H2,1-3H3,(H,29,30,31);1-3,6-7,10-11,15,18-19H,4-5,8-9,12-14,16H2,(H,25,26,27);1H,2H3;1H4/t20-,21?;;;/m1.../s1. The van der Waals surface area contributed by atoms with Crippen molar-refractivity contribution in [3.05, 3.63) is 109 Å². The fraction of sp³-hybridized carbons (Fsp3) is 0.417. The van der Waals surface area contributed by atoms with Gasteiger partial charge in [0.05, 0.1) is 48.8 Å². The van der Waals surface area contributed by atoms with Crippen molar-refractivity contribution in [3.63, 3.8) is 0 Å². The van der Waals surface area contributed by atoms with Crippen LogP contribution in [-0.4, -0.2) is 123 Å². The van der Waals surface area contributed by atoms with Crippen LogP contribution < -0.4 is 20.4 Å². The van der Waals surface area contributed by atoms with Gasteiger partial charge in [-0.05, 0) is 106 Å². The Balaban J connectivity index is 0.000000189. The lowest BCUT2D eigenvalue weighted by Gasteiger charge is -2.33. The zero-order valence-electron chi connectivity index (χ0n) is 42.9.